The molecule has 2 heterocycles. The van der Waals surface area contributed by atoms with E-state index in [1.807, 2.05) is 28.8 Å². The topological polar surface area (TPSA) is 72.3 Å². The van der Waals surface area contributed by atoms with Crippen molar-refractivity contribution in [2.75, 3.05) is 32.1 Å². The number of ether oxygens (including phenoxy) is 1. The van der Waals surface area contributed by atoms with Crippen LogP contribution in [-0.2, 0) is 16.1 Å². The van der Waals surface area contributed by atoms with Crippen LogP contribution in [0, 0.1) is 5.92 Å². The molecule has 7 nitrogen and oxygen atoms in total. The highest BCUT2D eigenvalue weighted by Gasteiger charge is 2.24. The Bertz CT molecular complexity index is 869. The number of nitrogens with one attached hydrogen (secondary N) is 1. The molecule has 2 aliphatic rings. The maximum Gasteiger partial charge on any atom is 0.230 e. The second-order valence-electron chi connectivity index (χ2n) is 8.32. The number of rotatable bonds is 7. The average molecular weight is 464 g/mol. The quantitative estimate of drug-likeness (QED) is 0.633. The standard InChI is InChI=1S/C22H30ClN5O2S/c1-16-4-2-3-5-19(16)24-21(29)15-31-22-26-25-20(14-27-10-12-30-13-11-27)28(22)18-8-6-17(23)7-9-18/h6-9,16,19H,2-5,10-15H2,1H3,(H,24,29)/t16-,19-/m1/s1. The van der Waals surface area contributed by atoms with Crippen molar-refractivity contribution >= 4 is 29.3 Å². The fraction of sp³-hybridized carbons (Fsp3) is 0.591. The van der Waals surface area contributed by atoms with Gasteiger partial charge in [0.25, 0.3) is 0 Å². The van der Waals surface area contributed by atoms with Crippen molar-refractivity contribution in [1.29, 1.82) is 0 Å². The van der Waals surface area contributed by atoms with Crippen LogP contribution < -0.4 is 5.32 Å². The zero-order valence-electron chi connectivity index (χ0n) is 17.9. The summed E-state index contributed by atoms with van der Waals surface area (Å²) >= 11 is 7.52. The summed E-state index contributed by atoms with van der Waals surface area (Å²) in [5.74, 6) is 1.78. The van der Waals surface area contributed by atoms with Gasteiger partial charge in [0.1, 0.15) is 0 Å². The lowest BCUT2D eigenvalue weighted by molar-refractivity contribution is -0.119. The van der Waals surface area contributed by atoms with Crippen molar-refractivity contribution < 1.29 is 9.53 Å². The summed E-state index contributed by atoms with van der Waals surface area (Å²) in [6.07, 6.45) is 4.72. The van der Waals surface area contributed by atoms with Crippen molar-refractivity contribution in [3.63, 3.8) is 0 Å². The molecule has 1 aromatic heterocycles. The molecule has 1 aromatic carbocycles. The van der Waals surface area contributed by atoms with E-state index in [1.165, 1.54) is 31.0 Å². The molecule has 2 aromatic rings. The van der Waals surface area contributed by atoms with E-state index in [0.29, 0.717) is 23.2 Å². The van der Waals surface area contributed by atoms with Gasteiger partial charge in [-0.25, -0.2) is 0 Å². The van der Waals surface area contributed by atoms with Gasteiger partial charge < -0.3 is 10.1 Å². The first-order valence-electron chi connectivity index (χ1n) is 11.0. The van der Waals surface area contributed by atoms with Crippen LogP contribution in [0.2, 0.25) is 5.02 Å². The molecule has 1 saturated heterocycles. The second kappa shape index (κ2) is 10.8. The Morgan fingerprint density at radius 1 is 1.19 bits per heavy atom. The molecule has 2 atom stereocenters. The van der Waals surface area contributed by atoms with E-state index in [0.717, 1.165) is 49.4 Å². The number of hydrogen-bond acceptors (Lipinski definition) is 6. The lowest BCUT2D eigenvalue weighted by Crippen LogP contribution is -2.41. The minimum atomic E-state index is 0.0594. The molecule has 0 unspecified atom stereocenters. The van der Waals surface area contributed by atoms with Crippen LogP contribution >= 0.6 is 23.4 Å². The molecule has 1 amide bonds. The third-order valence-electron chi connectivity index (χ3n) is 6.04. The van der Waals surface area contributed by atoms with Gasteiger partial charge in [0.15, 0.2) is 11.0 Å². The number of hydrogen-bond donors (Lipinski definition) is 1. The Hall–Kier alpha value is -1.61. The van der Waals surface area contributed by atoms with E-state index in [2.05, 4.69) is 27.3 Å². The van der Waals surface area contributed by atoms with Gasteiger partial charge >= 0.3 is 0 Å². The highest BCUT2D eigenvalue weighted by molar-refractivity contribution is 7.99. The van der Waals surface area contributed by atoms with Gasteiger partial charge in [-0.15, -0.1) is 10.2 Å². The lowest BCUT2D eigenvalue weighted by Gasteiger charge is -2.29. The SMILES string of the molecule is C[C@@H]1CCCC[C@H]1NC(=O)CSc1nnc(CN2CCOCC2)n1-c1ccc(Cl)cc1. The molecule has 0 radical (unpaired) electrons. The Labute approximate surface area is 192 Å². The van der Waals surface area contributed by atoms with Crippen molar-refractivity contribution in [1.82, 2.24) is 25.0 Å². The van der Waals surface area contributed by atoms with Crippen molar-refractivity contribution in [3.8, 4) is 5.69 Å². The predicted octanol–water partition coefficient (Wildman–Crippen LogP) is 3.54. The molecule has 0 bridgehead atoms. The van der Waals surface area contributed by atoms with Crippen molar-refractivity contribution in [2.45, 2.75) is 50.4 Å². The lowest BCUT2D eigenvalue weighted by atomic mass is 9.86. The Morgan fingerprint density at radius 2 is 1.94 bits per heavy atom. The zero-order valence-corrected chi connectivity index (χ0v) is 19.5. The number of carbonyl (C=O) groups is 1. The summed E-state index contributed by atoms with van der Waals surface area (Å²) in [7, 11) is 0. The smallest absolute Gasteiger partial charge is 0.230 e. The molecule has 0 spiro atoms. The number of thioether (sulfide) groups is 1. The molecule has 168 valence electrons. The van der Waals surface area contributed by atoms with E-state index < -0.39 is 0 Å². The summed E-state index contributed by atoms with van der Waals surface area (Å²) in [5, 5.41) is 13.5. The van der Waals surface area contributed by atoms with Gasteiger partial charge in [0.2, 0.25) is 5.91 Å². The molecule has 9 heteroatoms. The van der Waals surface area contributed by atoms with Gasteiger partial charge in [0, 0.05) is 29.8 Å². The molecular weight excluding hydrogens is 434 g/mol. The van der Waals surface area contributed by atoms with Gasteiger partial charge in [0.05, 0.1) is 25.5 Å². The third kappa shape index (κ3) is 6.00. The summed E-state index contributed by atoms with van der Waals surface area (Å²) in [6, 6.07) is 7.93. The summed E-state index contributed by atoms with van der Waals surface area (Å²) in [5.41, 5.74) is 0.946. The third-order valence-corrected chi connectivity index (χ3v) is 7.23. The maximum absolute atomic E-state index is 12.6. The van der Waals surface area contributed by atoms with Crippen LogP contribution in [0.3, 0.4) is 0 Å². The van der Waals surface area contributed by atoms with Crippen LogP contribution in [0.25, 0.3) is 5.69 Å². The number of nitrogens with zero attached hydrogens (tertiary/aromatic N) is 4. The van der Waals surface area contributed by atoms with E-state index in [-0.39, 0.29) is 11.9 Å². The predicted molar refractivity (Wildman–Crippen MR) is 123 cm³/mol. The largest absolute Gasteiger partial charge is 0.379 e. The highest BCUT2D eigenvalue weighted by Crippen LogP contribution is 2.26. The highest BCUT2D eigenvalue weighted by atomic mass is 35.5. The molecule has 1 aliphatic heterocycles. The molecule has 1 N–H and O–H groups in total. The maximum atomic E-state index is 12.6. The first kappa shape index (κ1) is 22.6. The van der Waals surface area contributed by atoms with Crippen LogP contribution in [0.5, 0.6) is 0 Å². The van der Waals surface area contributed by atoms with E-state index in [4.69, 9.17) is 16.3 Å². The van der Waals surface area contributed by atoms with Crippen LogP contribution in [-0.4, -0.2) is 63.7 Å². The number of amides is 1. The van der Waals surface area contributed by atoms with Crippen molar-refractivity contribution in [2.24, 2.45) is 5.92 Å². The number of carbonyl (C=O) groups excluding carboxylic acids is 1. The van der Waals surface area contributed by atoms with Crippen LogP contribution in [0.4, 0.5) is 0 Å². The van der Waals surface area contributed by atoms with E-state index in [9.17, 15) is 4.79 Å². The first-order valence-corrected chi connectivity index (χ1v) is 12.4. The first-order chi connectivity index (χ1) is 15.1. The Kier molecular flexibility index (Phi) is 7.87. The number of morpholine rings is 1. The van der Waals surface area contributed by atoms with Gasteiger partial charge in [-0.3, -0.25) is 14.3 Å². The number of benzene rings is 1. The monoisotopic (exact) mass is 463 g/mol. The van der Waals surface area contributed by atoms with Crippen LogP contribution in [0.15, 0.2) is 29.4 Å². The van der Waals surface area contributed by atoms with Crippen molar-refractivity contribution in [3.05, 3.63) is 35.1 Å². The molecule has 1 saturated carbocycles. The van der Waals surface area contributed by atoms with Gasteiger partial charge in [-0.2, -0.15) is 0 Å². The van der Waals surface area contributed by atoms with E-state index in [1.54, 1.807) is 0 Å². The number of aromatic nitrogens is 3. The normalized spacial score (nSPS) is 22.4. The molecule has 1 aliphatic carbocycles. The summed E-state index contributed by atoms with van der Waals surface area (Å²) < 4.78 is 7.49. The molecule has 4 rings (SSSR count). The fourth-order valence-corrected chi connectivity index (χ4v) is 5.12. The number of halogens is 1. The second-order valence-corrected chi connectivity index (χ2v) is 9.70. The zero-order chi connectivity index (χ0) is 21.6. The Morgan fingerprint density at radius 3 is 2.68 bits per heavy atom. The summed E-state index contributed by atoms with van der Waals surface area (Å²) in [4.78, 5) is 14.9. The minimum Gasteiger partial charge on any atom is -0.379 e. The van der Waals surface area contributed by atoms with E-state index >= 15 is 0 Å². The minimum absolute atomic E-state index is 0.0594. The summed E-state index contributed by atoms with van der Waals surface area (Å²) in [6.45, 7) is 6.13. The van der Waals surface area contributed by atoms with Gasteiger partial charge in [-0.05, 0) is 43.0 Å². The fourth-order valence-electron chi connectivity index (χ4n) is 4.21. The average Bonchev–Trinajstić information content (AvgIpc) is 3.17. The molecule has 31 heavy (non-hydrogen) atoms. The molecule has 2 fully saturated rings. The van der Waals surface area contributed by atoms with Gasteiger partial charge in [-0.1, -0.05) is 43.1 Å². The molecular formula is C22H30ClN5O2S. The van der Waals surface area contributed by atoms with Crippen LogP contribution in [0.1, 0.15) is 38.4 Å². The Balaban J connectivity index is 1.47.